The molecule has 1 aromatic rings. The third-order valence-corrected chi connectivity index (χ3v) is 4.93. The normalized spacial score (nSPS) is 17.7. The van der Waals surface area contributed by atoms with E-state index < -0.39 is 10.2 Å². The summed E-state index contributed by atoms with van der Waals surface area (Å²) in [6.45, 7) is 1.27. The molecule has 0 bridgehead atoms. The van der Waals surface area contributed by atoms with E-state index >= 15 is 0 Å². The van der Waals surface area contributed by atoms with Crippen LogP contribution in [0.5, 0.6) is 0 Å². The number of morpholine rings is 1. The van der Waals surface area contributed by atoms with Crippen molar-refractivity contribution in [2.24, 2.45) is 10.9 Å². The molecule has 0 radical (unpaired) electrons. The first kappa shape index (κ1) is 16.0. The maximum Gasteiger partial charge on any atom is 0.301 e. The summed E-state index contributed by atoms with van der Waals surface area (Å²) >= 11 is 3.26. The Bertz CT molecular complexity index is 644. The number of hydrogen-bond acceptors (Lipinski definition) is 5. The Kier molecular flexibility index (Phi) is 5.04. The number of anilines is 1. The van der Waals surface area contributed by atoms with Crippen molar-refractivity contribution >= 4 is 37.7 Å². The summed E-state index contributed by atoms with van der Waals surface area (Å²) in [5, 5.41) is 11.7. The Balaban J connectivity index is 2.31. The fourth-order valence-electron chi connectivity index (χ4n) is 1.87. The second kappa shape index (κ2) is 6.60. The van der Waals surface area contributed by atoms with Crippen LogP contribution in [0.2, 0.25) is 0 Å². The molecule has 0 unspecified atom stereocenters. The predicted octanol–water partition coefficient (Wildman–Crippen LogP) is 0.532. The van der Waals surface area contributed by atoms with Gasteiger partial charge in [-0.3, -0.25) is 4.72 Å². The van der Waals surface area contributed by atoms with E-state index in [0.29, 0.717) is 17.7 Å². The molecular formula is C11H15BrN4O4S. The summed E-state index contributed by atoms with van der Waals surface area (Å²) in [7, 11) is -3.73. The van der Waals surface area contributed by atoms with Gasteiger partial charge in [0.05, 0.1) is 18.9 Å². The van der Waals surface area contributed by atoms with E-state index in [0.717, 1.165) is 0 Å². The number of benzene rings is 1. The smallest absolute Gasteiger partial charge is 0.301 e. The molecule has 10 heteroatoms. The summed E-state index contributed by atoms with van der Waals surface area (Å²) in [4.78, 5) is 0. The lowest BCUT2D eigenvalue weighted by Crippen LogP contribution is -2.43. The first-order valence-corrected chi connectivity index (χ1v) is 8.30. The molecule has 1 fully saturated rings. The molecule has 0 aliphatic carbocycles. The minimum atomic E-state index is -3.73. The first-order chi connectivity index (χ1) is 9.94. The van der Waals surface area contributed by atoms with Gasteiger partial charge in [-0.25, -0.2) is 0 Å². The summed E-state index contributed by atoms with van der Waals surface area (Å²) in [5.74, 6) is -0.179. The maximum atomic E-state index is 12.3. The van der Waals surface area contributed by atoms with Gasteiger partial charge in [0, 0.05) is 23.1 Å². The Morgan fingerprint density at radius 3 is 2.71 bits per heavy atom. The van der Waals surface area contributed by atoms with Gasteiger partial charge in [-0.15, -0.1) is 0 Å². The topological polar surface area (TPSA) is 117 Å². The van der Waals surface area contributed by atoms with Gasteiger partial charge in [-0.05, 0) is 18.2 Å². The average molecular weight is 379 g/mol. The average Bonchev–Trinajstić information content (AvgIpc) is 2.47. The summed E-state index contributed by atoms with van der Waals surface area (Å²) in [5.41, 5.74) is 6.08. The summed E-state index contributed by atoms with van der Waals surface area (Å²) in [6, 6.07) is 4.77. The Hall–Kier alpha value is -1.36. The van der Waals surface area contributed by atoms with Gasteiger partial charge in [0.2, 0.25) is 0 Å². The van der Waals surface area contributed by atoms with E-state index in [-0.39, 0.29) is 30.2 Å². The van der Waals surface area contributed by atoms with E-state index in [4.69, 9.17) is 15.7 Å². The van der Waals surface area contributed by atoms with Crippen LogP contribution in [0.4, 0.5) is 5.69 Å². The zero-order valence-electron chi connectivity index (χ0n) is 11.0. The van der Waals surface area contributed by atoms with Crippen molar-refractivity contribution in [3.8, 4) is 0 Å². The number of nitrogens with zero attached hydrogens (tertiary/aromatic N) is 2. The zero-order valence-corrected chi connectivity index (χ0v) is 13.4. The molecule has 0 saturated carbocycles. The molecule has 4 N–H and O–H groups in total. The van der Waals surface area contributed by atoms with Crippen LogP contribution >= 0.6 is 15.9 Å². The molecule has 8 nitrogen and oxygen atoms in total. The SMILES string of the molecule is N/C(=N/O)c1ccc(Br)cc1NS(=O)(=O)N1CCOCC1. The highest BCUT2D eigenvalue weighted by atomic mass is 79.9. The van der Waals surface area contributed by atoms with Crippen molar-refractivity contribution in [3.63, 3.8) is 0 Å². The molecule has 0 atom stereocenters. The number of nitrogens with two attached hydrogens (primary N) is 1. The van der Waals surface area contributed by atoms with E-state index in [1.54, 1.807) is 18.2 Å². The maximum absolute atomic E-state index is 12.3. The first-order valence-electron chi connectivity index (χ1n) is 6.07. The minimum absolute atomic E-state index is 0.179. The lowest BCUT2D eigenvalue weighted by molar-refractivity contribution is 0.0733. The monoisotopic (exact) mass is 378 g/mol. The van der Waals surface area contributed by atoms with Crippen LogP contribution in [-0.2, 0) is 14.9 Å². The van der Waals surface area contributed by atoms with Gasteiger partial charge in [-0.1, -0.05) is 21.1 Å². The molecule has 1 aliphatic heterocycles. The molecule has 116 valence electrons. The van der Waals surface area contributed by atoms with Gasteiger partial charge in [-0.2, -0.15) is 12.7 Å². The highest BCUT2D eigenvalue weighted by Crippen LogP contribution is 2.23. The highest BCUT2D eigenvalue weighted by Gasteiger charge is 2.25. The minimum Gasteiger partial charge on any atom is -0.409 e. The third-order valence-electron chi connectivity index (χ3n) is 2.91. The number of rotatable bonds is 4. The van der Waals surface area contributed by atoms with Gasteiger partial charge in [0.1, 0.15) is 0 Å². The fraction of sp³-hybridized carbons (Fsp3) is 0.364. The van der Waals surface area contributed by atoms with Crippen LogP contribution in [-0.4, -0.2) is 50.1 Å². The predicted molar refractivity (Wildman–Crippen MR) is 81.6 cm³/mol. The Morgan fingerprint density at radius 2 is 2.10 bits per heavy atom. The zero-order chi connectivity index (χ0) is 15.5. The number of nitrogens with one attached hydrogen (secondary N) is 1. The Labute approximate surface area is 130 Å². The van der Waals surface area contributed by atoms with Crippen LogP contribution in [0, 0.1) is 0 Å². The van der Waals surface area contributed by atoms with Gasteiger partial charge >= 0.3 is 10.2 Å². The second-order valence-corrected chi connectivity index (χ2v) is 6.88. The van der Waals surface area contributed by atoms with E-state index in [1.165, 1.54) is 4.31 Å². The highest BCUT2D eigenvalue weighted by molar-refractivity contribution is 9.10. The lowest BCUT2D eigenvalue weighted by Gasteiger charge is -2.26. The van der Waals surface area contributed by atoms with Crippen molar-refractivity contribution < 1.29 is 18.4 Å². The molecule has 1 aliphatic rings. The number of amidine groups is 1. The molecule has 2 rings (SSSR count). The van der Waals surface area contributed by atoms with Crippen molar-refractivity contribution in [3.05, 3.63) is 28.2 Å². The van der Waals surface area contributed by atoms with Crippen molar-refractivity contribution in [1.29, 1.82) is 0 Å². The molecule has 0 amide bonds. The molecular weight excluding hydrogens is 364 g/mol. The quantitative estimate of drug-likeness (QED) is 0.305. The number of halogens is 1. The van der Waals surface area contributed by atoms with Crippen LogP contribution in [0.3, 0.4) is 0 Å². The van der Waals surface area contributed by atoms with Crippen LogP contribution < -0.4 is 10.5 Å². The summed E-state index contributed by atoms with van der Waals surface area (Å²) < 4.78 is 34.2. The molecule has 1 heterocycles. The van der Waals surface area contributed by atoms with E-state index in [2.05, 4.69) is 25.8 Å². The van der Waals surface area contributed by atoms with Crippen molar-refractivity contribution in [2.45, 2.75) is 0 Å². The number of hydrogen-bond donors (Lipinski definition) is 3. The number of ether oxygens (including phenoxy) is 1. The van der Waals surface area contributed by atoms with Crippen LogP contribution in [0.15, 0.2) is 27.8 Å². The Morgan fingerprint density at radius 1 is 1.43 bits per heavy atom. The van der Waals surface area contributed by atoms with Crippen LogP contribution in [0.1, 0.15) is 5.56 Å². The van der Waals surface area contributed by atoms with Crippen molar-refractivity contribution in [2.75, 3.05) is 31.0 Å². The molecule has 1 aromatic carbocycles. The van der Waals surface area contributed by atoms with E-state index in [1.807, 2.05) is 0 Å². The third kappa shape index (κ3) is 3.84. The lowest BCUT2D eigenvalue weighted by atomic mass is 10.2. The largest absolute Gasteiger partial charge is 0.409 e. The number of oxime groups is 1. The molecule has 0 aromatic heterocycles. The summed E-state index contributed by atoms with van der Waals surface area (Å²) in [6.07, 6.45) is 0. The van der Waals surface area contributed by atoms with Crippen molar-refractivity contribution in [1.82, 2.24) is 4.31 Å². The van der Waals surface area contributed by atoms with Gasteiger partial charge in [0.15, 0.2) is 5.84 Å². The molecule has 1 saturated heterocycles. The van der Waals surface area contributed by atoms with Crippen LogP contribution in [0.25, 0.3) is 0 Å². The van der Waals surface area contributed by atoms with E-state index in [9.17, 15) is 8.42 Å². The molecule has 0 spiro atoms. The van der Waals surface area contributed by atoms with Gasteiger partial charge in [0.25, 0.3) is 0 Å². The molecule has 21 heavy (non-hydrogen) atoms. The fourth-order valence-corrected chi connectivity index (χ4v) is 3.44. The standard InChI is InChI=1S/C11H15BrN4O4S/c12-8-1-2-9(11(13)14-17)10(7-8)15-21(18,19)16-3-5-20-6-4-16/h1-2,7,15,17H,3-6H2,(H2,13,14). The van der Waals surface area contributed by atoms with Gasteiger partial charge < -0.3 is 15.7 Å². The second-order valence-electron chi connectivity index (χ2n) is 4.29.